The molecule has 1 heterocycles. The van der Waals surface area contributed by atoms with Crippen LogP contribution >= 0.6 is 11.3 Å². The topological polar surface area (TPSA) is 24.9 Å². The van der Waals surface area contributed by atoms with Gasteiger partial charge in [-0.25, -0.2) is 4.98 Å². The summed E-state index contributed by atoms with van der Waals surface area (Å²) in [6, 6.07) is 14.9. The van der Waals surface area contributed by atoms with E-state index in [1.54, 1.807) is 11.3 Å². The predicted molar refractivity (Wildman–Crippen MR) is 83.0 cm³/mol. The van der Waals surface area contributed by atoms with E-state index in [0.29, 0.717) is 0 Å². The Kier molecular flexibility index (Phi) is 3.47. The molecule has 0 bridgehead atoms. The lowest BCUT2D eigenvalue weighted by molar-refractivity contribution is 1.02. The van der Waals surface area contributed by atoms with Crippen LogP contribution in [0.1, 0.15) is 10.6 Å². The number of aromatic nitrogens is 1. The molecule has 3 aromatic rings. The highest BCUT2D eigenvalue weighted by Crippen LogP contribution is 2.23. The fourth-order valence-corrected chi connectivity index (χ4v) is 3.04. The third-order valence-electron chi connectivity index (χ3n) is 3.30. The van der Waals surface area contributed by atoms with Crippen molar-refractivity contribution in [1.29, 1.82) is 0 Å². The second kappa shape index (κ2) is 5.41. The van der Waals surface area contributed by atoms with E-state index in [0.717, 1.165) is 18.7 Å². The van der Waals surface area contributed by atoms with Crippen molar-refractivity contribution < 1.29 is 0 Å². The minimum atomic E-state index is 0.942. The molecular formula is C16H16N2S. The van der Waals surface area contributed by atoms with Gasteiger partial charge in [-0.15, -0.1) is 11.3 Å². The van der Waals surface area contributed by atoms with Crippen LogP contribution in [0.5, 0.6) is 0 Å². The van der Waals surface area contributed by atoms with Crippen molar-refractivity contribution in [2.45, 2.75) is 13.3 Å². The fraction of sp³-hybridized carbons (Fsp3) is 0.188. The van der Waals surface area contributed by atoms with Crippen LogP contribution in [0, 0.1) is 6.92 Å². The van der Waals surface area contributed by atoms with E-state index in [1.807, 2.05) is 5.51 Å². The Morgan fingerprint density at radius 3 is 2.79 bits per heavy atom. The minimum absolute atomic E-state index is 0.942. The molecule has 0 unspecified atom stereocenters. The Labute approximate surface area is 117 Å². The summed E-state index contributed by atoms with van der Waals surface area (Å²) in [6.07, 6.45) is 1.03. The standard InChI is InChI=1S/C16H16N2S/c1-12-16(19-11-18-12)9-10-17-15-8-4-6-13-5-2-3-7-14(13)15/h2-8,11,17H,9-10H2,1H3. The van der Waals surface area contributed by atoms with Gasteiger partial charge in [0.1, 0.15) is 0 Å². The number of anilines is 1. The Bertz CT molecular complexity index is 683. The van der Waals surface area contributed by atoms with Crippen LogP contribution in [-0.4, -0.2) is 11.5 Å². The maximum absolute atomic E-state index is 4.28. The molecule has 19 heavy (non-hydrogen) atoms. The molecule has 96 valence electrons. The number of thiazole rings is 1. The molecule has 2 aromatic carbocycles. The van der Waals surface area contributed by atoms with E-state index in [1.165, 1.54) is 21.3 Å². The molecule has 0 atom stereocenters. The lowest BCUT2D eigenvalue weighted by atomic mass is 10.1. The van der Waals surface area contributed by atoms with Crippen LogP contribution in [0.3, 0.4) is 0 Å². The molecule has 0 amide bonds. The number of hydrogen-bond donors (Lipinski definition) is 1. The van der Waals surface area contributed by atoms with Crippen molar-refractivity contribution in [1.82, 2.24) is 4.98 Å². The average Bonchev–Trinajstić information content (AvgIpc) is 2.85. The molecule has 3 rings (SSSR count). The maximum atomic E-state index is 4.28. The normalized spacial score (nSPS) is 10.8. The molecule has 0 aliphatic carbocycles. The van der Waals surface area contributed by atoms with E-state index in [-0.39, 0.29) is 0 Å². The predicted octanol–water partition coefficient (Wildman–Crippen LogP) is 4.26. The summed E-state index contributed by atoms with van der Waals surface area (Å²) in [4.78, 5) is 5.65. The van der Waals surface area contributed by atoms with Crippen molar-refractivity contribution in [2.75, 3.05) is 11.9 Å². The van der Waals surface area contributed by atoms with E-state index >= 15 is 0 Å². The first-order chi connectivity index (χ1) is 9.34. The molecule has 1 aromatic heterocycles. The molecule has 0 saturated carbocycles. The van der Waals surface area contributed by atoms with Crippen LogP contribution in [-0.2, 0) is 6.42 Å². The number of fused-ring (bicyclic) bond motifs is 1. The number of nitrogens with one attached hydrogen (secondary N) is 1. The number of hydrogen-bond acceptors (Lipinski definition) is 3. The molecule has 0 radical (unpaired) electrons. The second-order valence-corrected chi connectivity index (χ2v) is 5.50. The van der Waals surface area contributed by atoms with Crippen LogP contribution < -0.4 is 5.32 Å². The van der Waals surface area contributed by atoms with Crippen molar-refractivity contribution in [3.63, 3.8) is 0 Å². The quantitative estimate of drug-likeness (QED) is 0.764. The van der Waals surface area contributed by atoms with Gasteiger partial charge < -0.3 is 5.32 Å². The monoisotopic (exact) mass is 268 g/mol. The summed E-state index contributed by atoms with van der Waals surface area (Å²) in [5.41, 5.74) is 4.28. The summed E-state index contributed by atoms with van der Waals surface area (Å²) in [5.74, 6) is 0. The van der Waals surface area contributed by atoms with Gasteiger partial charge in [-0.05, 0) is 18.4 Å². The minimum Gasteiger partial charge on any atom is -0.384 e. The Balaban J connectivity index is 1.74. The van der Waals surface area contributed by atoms with Gasteiger partial charge in [0.15, 0.2) is 0 Å². The van der Waals surface area contributed by atoms with Gasteiger partial charge in [-0.3, -0.25) is 0 Å². The van der Waals surface area contributed by atoms with E-state index in [2.05, 4.69) is 59.7 Å². The first-order valence-electron chi connectivity index (χ1n) is 6.45. The van der Waals surface area contributed by atoms with Gasteiger partial charge >= 0.3 is 0 Å². The SMILES string of the molecule is Cc1ncsc1CCNc1cccc2ccccc12. The third-order valence-corrected chi connectivity index (χ3v) is 4.30. The molecule has 0 saturated heterocycles. The van der Waals surface area contributed by atoms with E-state index in [4.69, 9.17) is 0 Å². The number of benzene rings is 2. The van der Waals surface area contributed by atoms with Gasteiger partial charge in [-0.2, -0.15) is 0 Å². The Morgan fingerprint density at radius 2 is 1.95 bits per heavy atom. The van der Waals surface area contributed by atoms with Gasteiger partial charge in [-0.1, -0.05) is 36.4 Å². The second-order valence-electron chi connectivity index (χ2n) is 4.56. The molecule has 0 spiro atoms. The molecule has 0 fully saturated rings. The van der Waals surface area contributed by atoms with Crippen LogP contribution in [0.2, 0.25) is 0 Å². The van der Waals surface area contributed by atoms with Gasteiger partial charge in [0, 0.05) is 28.9 Å². The smallest absolute Gasteiger partial charge is 0.0797 e. The molecule has 0 aliphatic heterocycles. The summed E-state index contributed by atoms with van der Waals surface area (Å²) >= 11 is 1.74. The number of aryl methyl sites for hydroxylation is 1. The van der Waals surface area contributed by atoms with Crippen molar-refractivity contribution >= 4 is 27.8 Å². The molecular weight excluding hydrogens is 252 g/mol. The highest BCUT2D eigenvalue weighted by molar-refractivity contribution is 7.09. The lowest BCUT2D eigenvalue weighted by Crippen LogP contribution is -2.05. The summed E-state index contributed by atoms with van der Waals surface area (Å²) in [7, 11) is 0. The van der Waals surface area contributed by atoms with E-state index < -0.39 is 0 Å². The van der Waals surface area contributed by atoms with Crippen LogP contribution in [0.4, 0.5) is 5.69 Å². The zero-order valence-electron chi connectivity index (χ0n) is 10.9. The summed E-state index contributed by atoms with van der Waals surface area (Å²) < 4.78 is 0. The zero-order valence-corrected chi connectivity index (χ0v) is 11.7. The van der Waals surface area contributed by atoms with Gasteiger partial charge in [0.2, 0.25) is 0 Å². The Morgan fingerprint density at radius 1 is 1.11 bits per heavy atom. The number of rotatable bonds is 4. The first kappa shape index (κ1) is 12.2. The third kappa shape index (κ3) is 2.61. The van der Waals surface area contributed by atoms with Gasteiger partial charge in [0.05, 0.1) is 11.2 Å². The fourth-order valence-electron chi connectivity index (χ4n) is 2.26. The van der Waals surface area contributed by atoms with Gasteiger partial charge in [0.25, 0.3) is 0 Å². The average molecular weight is 268 g/mol. The summed E-state index contributed by atoms with van der Waals surface area (Å²) in [6.45, 7) is 3.01. The van der Waals surface area contributed by atoms with Crippen molar-refractivity contribution in [3.05, 3.63) is 58.5 Å². The molecule has 0 aliphatic rings. The Hall–Kier alpha value is -1.87. The zero-order chi connectivity index (χ0) is 13.1. The highest BCUT2D eigenvalue weighted by atomic mass is 32.1. The summed E-state index contributed by atoms with van der Waals surface area (Å²) in [5, 5.41) is 6.09. The largest absolute Gasteiger partial charge is 0.384 e. The molecule has 2 nitrogen and oxygen atoms in total. The van der Waals surface area contributed by atoms with Crippen LogP contribution in [0.25, 0.3) is 10.8 Å². The number of nitrogens with zero attached hydrogens (tertiary/aromatic N) is 1. The molecule has 3 heteroatoms. The van der Waals surface area contributed by atoms with E-state index in [9.17, 15) is 0 Å². The van der Waals surface area contributed by atoms with Crippen molar-refractivity contribution in [2.24, 2.45) is 0 Å². The van der Waals surface area contributed by atoms with Crippen LogP contribution in [0.15, 0.2) is 48.0 Å². The first-order valence-corrected chi connectivity index (χ1v) is 7.33. The highest BCUT2D eigenvalue weighted by Gasteiger charge is 2.02. The van der Waals surface area contributed by atoms with Crippen molar-refractivity contribution in [3.8, 4) is 0 Å². The maximum Gasteiger partial charge on any atom is 0.0797 e. The molecule has 1 N–H and O–H groups in total. The lowest BCUT2D eigenvalue weighted by Gasteiger charge is -2.09.